The molecule has 3 rings (SSSR count). The maximum atomic E-state index is 5.79. The highest BCUT2D eigenvalue weighted by atomic mass is 127. The molecule has 0 atom stereocenters. The number of furan rings is 1. The molecule has 0 unspecified atom stereocenters. The lowest BCUT2D eigenvalue weighted by Crippen LogP contribution is -2.36. The average molecular weight is 451 g/mol. The second-order valence-corrected chi connectivity index (χ2v) is 5.38. The van der Waals surface area contributed by atoms with Gasteiger partial charge in [0.25, 0.3) is 0 Å². The van der Waals surface area contributed by atoms with Crippen LogP contribution < -0.4 is 15.4 Å². The van der Waals surface area contributed by atoms with Crippen LogP contribution in [0.3, 0.4) is 0 Å². The molecule has 0 amide bonds. The van der Waals surface area contributed by atoms with Crippen LogP contribution in [0.2, 0.25) is 0 Å². The predicted molar refractivity (Wildman–Crippen MR) is 112 cm³/mol. The molecule has 0 aliphatic heterocycles. The number of fused-ring (bicyclic) bond motifs is 1. The summed E-state index contributed by atoms with van der Waals surface area (Å²) in [5.41, 5.74) is 2.05. The van der Waals surface area contributed by atoms with Crippen molar-refractivity contribution in [3.8, 4) is 5.75 Å². The molecule has 0 aliphatic rings. The Morgan fingerprint density at radius 3 is 2.44 bits per heavy atom. The lowest BCUT2D eigenvalue weighted by Gasteiger charge is -2.11. The van der Waals surface area contributed by atoms with E-state index in [1.54, 1.807) is 14.2 Å². The molecule has 0 saturated heterocycles. The van der Waals surface area contributed by atoms with Crippen LogP contribution in [0.4, 0.5) is 0 Å². The van der Waals surface area contributed by atoms with E-state index in [1.807, 2.05) is 54.6 Å². The fourth-order valence-electron chi connectivity index (χ4n) is 2.44. The van der Waals surface area contributed by atoms with Gasteiger partial charge in [0.05, 0.1) is 13.7 Å². The summed E-state index contributed by atoms with van der Waals surface area (Å²) in [5.74, 6) is 2.46. The van der Waals surface area contributed by atoms with E-state index in [0.29, 0.717) is 13.1 Å². The fraction of sp³-hybridized carbons (Fsp3) is 0.211. The van der Waals surface area contributed by atoms with Gasteiger partial charge in [-0.25, -0.2) is 0 Å². The highest BCUT2D eigenvalue weighted by molar-refractivity contribution is 14.0. The smallest absolute Gasteiger partial charge is 0.191 e. The van der Waals surface area contributed by atoms with Gasteiger partial charge in [-0.3, -0.25) is 4.99 Å². The molecule has 0 aliphatic carbocycles. The van der Waals surface area contributed by atoms with Crippen LogP contribution >= 0.6 is 24.0 Å². The van der Waals surface area contributed by atoms with E-state index in [1.165, 1.54) is 0 Å². The maximum Gasteiger partial charge on any atom is 0.191 e. The molecule has 0 bridgehead atoms. The van der Waals surface area contributed by atoms with E-state index in [4.69, 9.17) is 9.15 Å². The SMILES string of the molecule is CN=C(NCc1ccc(OC)cc1)NCc1cc2ccccc2o1.I. The van der Waals surface area contributed by atoms with Gasteiger partial charge in [0, 0.05) is 19.0 Å². The monoisotopic (exact) mass is 451 g/mol. The van der Waals surface area contributed by atoms with Crippen LogP contribution in [0.25, 0.3) is 11.0 Å². The number of nitrogens with one attached hydrogen (secondary N) is 2. The third-order valence-electron chi connectivity index (χ3n) is 3.75. The molecule has 1 heterocycles. The topological polar surface area (TPSA) is 58.8 Å². The first kappa shape index (κ1) is 19.1. The third-order valence-corrected chi connectivity index (χ3v) is 3.75. The summed E-state index contributed by atoms with van der Waals surface area (Å²) in [4.78, 5) is 4.23. The van der Waals surface area contributed by atoms with E-state index in [2.05, 4.69) is 15.6 Å². The molecule has 0 spiro atoms. The van der Waals surface area contributed by atoms with Crippen LogP contribution in [0, 0.1) is 0 Å². The number of hydrogen-bond donors (Lipinski definition) is 2. The molecule has 3 aromatic rings. The summed E-state index contributed by atoms with van der Waals surface area (Å²) < 4.78 is 11.0. The van der Waals surface area contributed by atoms with Crippen LogP contribution in [-0.2, 0) is 13.1 Å². The number of nitrogens with zero attached hydrogens (tertiary/aromatic N) is 1. The zero-order chi connectivity index (χ0) is 16.8. The number of ether oxygens (including phenoxy) is 1. The number of hydrogen-bond acceptors (Lipinski definition) is 3. The van der Waals surface area contributed by atoms with E-state index >= 15 is 0 Å². The first-order chi connectivity index (χ1) is 11.8. The molecule has 25 heavy (non-hydrogen) atoms. The Balaban J connectivity index is 0.00000225. The molecule has 2 aromatic carbocycles. The van der Waals surface area contributed by atoms with Gasteiger partial charge in [-0.05, 0) is 29.8 Å². The van der Waals surface area contributed by atoms with Gasteiger partial charge in [0.1, 0.15) is 17.1 Å². The summed E-state index contributed by atoms with van der Waals surface area (Å²) in [7, 11) is 3.42. The van der Waals surface area contributed by atoms with Gasteiger partial charge in [-0.15, -0.1) is 24.0 Å². The van der Waals surface area contributed by atoms with Gasteiger partial charge in [0.2, 0.25) is 0 Å². The van der Waals surface area contributed by atoms with Gasteiger partial charge in [-0.2, -0.15) is 0 Å². The minimum atomic E-state index is 0. The van der Waals surface area contributed by atoms with Gasteiger partial charge < -0.3 is 19.8 Å². The molecule has 6 heteroatoms. The Morgan fingerprint density at radius 2 is 1.76 bits per heavy atom. The zero-order valence-corrected chi connectivity index (χ0v) is 16.6. The number of benzene rings is 2. The standard InChI is InChI=1S/C19H21N3O2.HI/c1-20-19(21-12-14-7-9-16(23-2)10-8-14)22-13-17-11-15-5-3-4-6-18(15)24-17;/h3-11H,12-13H2,1-2H3,(H2,20,21,22);1H. The second-order valence-electron chi connectivity index (χ2n) is 5.38. The first-order valence-corrected chi connectivity index (χ1v) is 7.83. The van der Waals surface area contributed by atoms with Crippen molar-refractivity contribution in [3.05, 3.63) is 65.9 Å². The van der Waals surface area contributed by atoms with Crippen molar-refractivity contribution in [1.82, 2.24) is 10.6 Å². The fourth-order valence-corrected chi connectivity index (χ4v) is 2.44. The van der Waals surface area contributed by atoms with E-state index < -0.39 is 0 Å². The first-order valence-electron chi connectivity index (χ1n) is 7.83. The molecule has 0 saturated carbocycles. The van der Waals surface area contributed by atoms with Gasteiger partial charge >= 0.3 is 0 Å². The van der Waals surface area contributed by atoms with E-state index in [-0.39, 0.29) is 24.0 Å². The molecule has 5 nitrogen and oxygen atoms in total. The molecular weight excluding hydrogens is 429 g/mol. The molecule has 0 fully saturated rings. The van der Waals surface area contributed by atoms with Crippen molar-refractivity contribution >= 4 is 40.9 Å². The number of methoxy groups -OCH3 is 1. The Kier molecular flexibility index (Phi) is 7.12. The lowest BCUT2D eigenvalue weighted by atomic mass is 10.2. The maximum absolute atomic E-state index is 5.79. The Morgan fingerprint density at radius 1 is 1.04 bits per heavy atom. The van der Waals surface area contributed by atoms with Crippen molar-refractivity contribution in [3.63, 3.8) is 0 Å². The summed E-state index contributed by atoms with van der Waals surface area (Å²) in [6.45, 7) is 1.26. The lowest BCUT2D eigenvalue weighted by molar-refractivity contribution is 0.414. The number of para-hydroxylation sites is 1. The summed E-state index contributed by atoms with van der Waals surface area (Å²) in [6, 6.07) is 18.0. The molecule has 0 radical (unpaired) electrons. The number of aliphatic imine (C=N–C) groups is 1. The molecule has 132 valence electrons. The number of halogens is 1. The minimum absolute atomic E-state index is 0. The summed E-state index contributed by atoms with van der Waals surface area (Å²) in [5, 5.41) is 7.65. The van der Waals surface area contributed by atoms with E-state index in [9.17, 15) is 0 Å². The van der Waals surface area contributed by atoms with Crippen molar-refractivity contribution < 1.29 is 9.15 Å². The normalized spacial score (nSPS) is 11.0. The Hall–Kier alpha value is -2.22. The van der Waals surface area contributed by atoms with Crippen molar-refractivity contribution in [2.24, 2.45) is 4.99 Å². The van der Waals surface area contributed by atoms with Crippen LogP contribution in [-0.4, -0.2) is 20.1 Å². The van der Waals surface area contributed by atoms with Crippen LogP contribution in [0.1, 0.15) is 11.3 Å². The molecule has 2 N–H and O–H groups in total. The average Bonchev–Trinajstić information content (AvgIpc) is 3.05. The van der Waals surface area contributed by atoms with Crippen molar-refractivity contribution in [1.29, 1.82) is 0 Å². The second kappa shape index (κ2) is 9.31. The van der Waals surface area contributed by atoms with Crippen LogP contribution in [0.15, 0.2) is 64.0 Å². The zero-order valence-electron chi connectivity index (χ0n) is 14.3. The quantitative estimate of drug-likeness (QED) is 0.351. The summed E-state index contributed by atoms with van der Waals surface area (Å²) >= 11 is 0. The Bertz CT molecular complexity index is 795. The third kappa shape index (κ3) is 5.12. The van der Waals surface area contributed by atoms with Gasteiger partial charge in [-0.1, -0.05) is 30.3 Å². The summed E-state index contributed by atoms with van der Waals surface area (Å²) in [6.07, 6.45) is 0. The number of guanidine groups is 1. The molecular formula is C19H22IN3O2. The Labute approximate surface area is 164 Å². The van der Waals surface area contributed by atoms with E-state index in [0.717, 1.165) is 34.0 Å². The van der Waals surface area contributed by atoms with Crippen LogP contribution in [0.5, 0.6) is 5.75 Å². The van der Waals surface area contributed by atoms with Crippen molar-refractivity contribution in [2.75, 3.05) is 14.2 Å². The molecule has 1 aromatic heterocycles. The highest BCUT2D eigenvalue weighted by Crippen LogP contribution is 2.18. The predicted octanol–water partition coefficient (Wildman–Crippen LogP) is 3.92. The number of rotatable bonds is 5. The highest BCUT2D eigenvalue weighted by Gasteiger charge is 2.04. The van der Waals surface area contributed by atoms with Crippen molar-refractivity contribution in [2.45, 2.75) is 13.1 Å². The minimum Gasteiger partial charge on any atom is -0.497 e. The largest absolute Gasteiger partial charge is 0.497 e. The van der Waals surface area contributed by atoms with Gasteiger partial charge in [0.15, 0.2) is 5.96 Å².